The molecule has 2 aliphatic rings. The number of rotatable bonds is 6. The summed E-state index contributed by atoms with van der Waals surface area (Å²) in [6.45, 7) is 7.22. The van der Waals surface area contributed by atoms with Crippen molar-refractivity contribution in [1.29, 1.82) is 0 Å². The van der Waals surface area contributed by atoms with Gasteiger partial charge in [-0.1, -0.05) is 36.4 Å². The second-order valence-electron chi connectivity index (χ2n) is 10.2. The minimum Gasteiger partial charge on any atom is -0.493 e. The highest BCUT2D eigenvalue weighted by Gasteiger charge is 2.45. The average molecular weight is 502 g/mol. The quantitative estimate of drug-likeness (QED) is 0.393. The van der Waals surface area contributed by atoms with Crippen molar-refractivity contribution in [3.05, 3.63) is 83.4 Å². The summed E-state index contributed by atoms with van der Waals surface area (Å²) in [4.78, 5) is 15.3. The van der Waals surface area contributed by atoms with Crippen molar-refractivity contribution in [3.8, 4) is 23.0 Å². The molecule has 3 aromatic rings. The molecule has 1 amide bonds. The van der Waals surface area contributed by atoms with Crippen LogP contribution in [0.2, 0.25) is 0 Å². The standard InChI is InChI=1S/C31H35NO5/c1-21(2)35-27-14-13-23(19-28(27)34-4)30(33)32-17-15-31(16-18-32)20-29(24-10-6-8-12-26(24)37-31)36-25-11-7-5-9-22(25)3/h5-14,19,21,29H,15-18,20H2,1-4H3/t29-/m0/s1. The van der Waals surface area contributed by atoms with Crippen molar-refractivity contribution in [2.75, 3.05) is 20.2 Å². The number of benzene rings is 3. The van der Waals surface area contributed by atoms with E-state index in [9.17, 15) is 4.79 Å². The van der Waals surface area contributed by atoms with Gasteiger partial charge in [0.15, 0.2) is 11.5 Å². The summed E-state index contributed by atoms with van der Waals surface area (Å²) >= 11 is 0. The fourth-order valence-electron chi connectivity index (χ4n) is 5.27. The van der Waals surface area contributed by atoms with Crippen molar-refractivity contribution in [2.24, 2.45) is 0 Å². The van der Waals surface area contributed by atoms with Gasteiger partial charge < -0.3 is 23.8 Å². The van der Waals surface area contributed by atoms with Crippen LogP contribution in [0.1, 0.15) is 60.7 Å². The number of piperidine rings is 1. The van der Waals surface area contributed by atoms with E-state index in [2.05, 4.69) is 19.1 Å². The monoisotopic (exact) mass is 501 g/mol. The Morgan fingerprint density at radius 3 is 2.43 bits per heavy atom. The van der Waals surface area contributed by atoms with Gasteiger partial charge >= 0.3 is 0 Å². The molecule has 6 nitrogen and oxygen atoms in total. The molecule has 2 heterocycles. The summed E-state index contributed by atoms with van der Waals surface area (Å²) in [5, 5.41) is 0. The molecule has 0 unspecified atom stereocenters. The van der Waals surface area contributed by atoms with E-state index in [0.717, 1.165) is 41.9 Å². The Bertz CT molecular complexity index is 1260. The third-order valence-electron chi connectivity index (χ3n) is 7.25. The van der Waals surface area contributed by atoms with E-state index in [1.165, 1.54) is 0 Å². The summed E-state index contributed by atoms with van der Waals surface area (Å²) in [5.74, 6) is 2.97. The van der Waals surface area contributed by atoms with Crippen LogP contribution in [0.15, 0.2) is 66.7 Å². The van der Waals surface area contributed by atoms with Crippen LogP contribution in [-0.4, -0.2) is 42.7 Å². The third-order valence-corrected chi connectivity index (χ3v) is 7.25. The summed E-state index contributed by atoms with van der Waals surface area (Å²) in [6.07, 6.45) is 2.15. The molecular formula is C31H35NO5. The highest BCUT2D eigenvalue weighted by Crippen LogP contribution is 2.46. The van der Waals surface area contributed by atoms with Gasteiger partial charge in [0, 0.05) is 43.5 Å². The molecule has 1 fully saturated rings. The summed E-state index contributed by atoms with van der Waals surface area (Å²) < 4.78 is 24.5. The number of carbonyl (C=O) groups excluding carboxylic acids is 1. The maximum absolute atomic E-state index is 13.4. The molecule has 194 valence electrons. The highest BCUT2D eigenvalue weighted by molar-refractivity contribution is 5.95. The van der Waals surface area contributed by atoms with E-state index < -0.39 is 0 Å². The van der Waals surface area contributed by atoms with E-state index in [1.807, 2.05) is 67.3 Å². The minimum atomic E-state index is -0.370. The summed E-state index contributed by atoms with van der Waals surface area (Å²) in [6, 6.07) is 21.6. The zero-order valence-corrected chi connectivity index (χ0v) is 22.0. The molecule has 0 N–H and O–H groups in total. The third kappa shape index (κ3) is 5.24. The van der Waals surface area contributed by atoms with E-state index >= 15 is 0 Å². The van der Waals surface area contributed by atoms with E-state index in [1.54, 1.807) is 13.2 Å². The van der Waals surface area contributed by atoms with Crippen LogP contribution < -0.4 is 18.9 Å². The molecular weight excluding hydrogens is 466 g/mol. The zero-order valence-electron chi connectivity index (χ0n) is 22.0. The maximum atomic E-state index is 13.4. The minimum absolute atomic E-state index is 0.00633. The smallest absolute Gasteiger partial charge is 0.253 e. The van der Waals surface area contributed by atoms with E-state index in [-0.39, 0.29) is 23.7 Å². The van der Waals surface area contributed by atoms with Gasteiger partial charge in [-0.05, 0) is 56.7 Å². The number of methoxy groups -OCH3 is 1. The van der Waals surface area contributed by atoms with Crippen molar-refractivity contribution in [1.82, 2.24) is 4.90 Å². The number of carbonyl (C=O) groups is 1. The first-order valence-corrected chi connectivity index (χ1v) is 13.0. The predicted molar refractivity (Wildman–Crippen MR) is 143 cm³/mol. The van der Waals surface area contributed by atoms with Crippen LogP contribution in [-0.2, 0) is 0 Å². The Balaban J connectivity index is 1.31. The Morgan fingerprint density at radius 2 is 1.70 bits per heavy atom. The van der Waals surface area contributed by atoms with Crippen molar-refractivity contribution >= 4 is 5.91 Å². The second-order valence-corrected chi connectivity index (χ2v) is 10.2. The molecule has 37 heavy (non-hydrogen) atoms. The number of fused-ring (bicyclic) bond motifs is 1. The van der Waals surface area contributed by atoms with Crippen molar-refractivity contribution < 1.29 is 23.7 Å². The number of nitrogens with zero attached hydrogens (tertiary/aromatic N) is 1. The maximum Gasteiger partial charge on any atom is 0.253 e. The first-order valence-electron chi connectivity index (χ1n) is 13.0. The molecule has 2 aliphatic heterocycles. The van der Waals surface area contributed by atoms with Gasteiger partial charge in [0.05, 0.1) is 13.2 Å². The number of amides is 1. The second kappa shape index (κ2) is 10.4. The molecule has 1 atom stereocenters. The van der Waals surface area contributed by atoms with Crippen LogP contribution in [0.5, 0.6) is 23.0 Å². The van der Waals surface area contributed by atoms with Gasteiger partial charge in [0.1, 0.15) is 23.2 Å². The van der Waals surface area contributed by atoms with Crippen LogP contribution >= 0.6 is 0 Å². The highest BCUT2D eigenvalue weighted by atomic mass is 16.5. The Morgan fingerprint density at radius 1 is 0.973 bits per heavy atom. The molecule has 0 radical (unpaired) electrons. The van der Waals surface area contributed by atoms with Gasteiger partial charge in [-0.25, -0.2) is 0 Å². The molecule has 3 aromatic carbocycles. The first kappa shape index (κ1) is 25.0. The normalized spacial score (nSPS) is 18.2. The number of ether oxygens (including phenoxy) is 4. The SMILES string of the molecule is COc1cc(C(=O)N2CCC3(CC2)C[C@H](Oc2ccccc2C)c2ccccc2O3)ccc1OC(C)C. The average Bonchev–Trinajstić information content (AvgIpc) is 2.90. The van der Waals surface area contributed by atoms with Crippen molar-refractivity contribution in [2.45, 2.75) is 57.8 Å². The molecule has 5 rings (SSSR count). The Labute approximate surface area is 219 Å². The molecule has 0 bridgehead atoms. The molecule has 1 saturated heterocycles. The Hall–Kier alpha value is -3.67. The lowest BCUT2D eigenvalue weighted by Gasteiger charge is -2.46. The number of aryl methyl sites for hydroxylation is 1. The van der Waals surface area contributed by atoms with Gasteiger partial charge in [-0.3, -0.25) is 4.79 Å². The van der Waals surface area contributed by atoms with Crippen LogP contribution in [0.3, 0.4) is 0 Å². The number of hydrogen-bond donors (Lipinski definition) is 0. The van der Waals surface area contributed by atoms with Gasteiger partial charge in [0.2, 0.25) is 0 Å². The lowest BCUT2D eigenvalue weighted by atomic mass is 9.81. The van der Waals surface area contributed by atoms with E-state index in [0.29, 0.717) is 30.2 Å². The molecule has 6 heteroatoms. The molecule has 0 aliphatic carbocycles. The molecule has 0 saturated carbocycles. The van der Waals surface area contributed by atoms with Crippen LogP contribution in [0.25, 0.3) is 0 Å². The number of likely N-dealkylation sites (tertiary alicyclic amines) is 1. The first-order chi connectivity index (χ1) is 17.9. The van der Waals surface area contributed by atoms with Gasteiger partial charge in [-0.15, -0.1) is 0 Å². The fraction of sp³-hybridized carbons (Fsp3) is 0.387. The Kier molecular flexibility index (Phi) is 7.00. The molecule has 0 aromatic heterocycles. The topological polar surface area (TPSA) is 57.2 Å². The summed E-state index contributed by atoms with van der Waals surface area (Å²) in [5.41, 5.74) is 2.41. The lowest BCUT2D eigenvalue weighted by Crippen LogP contribution is -2.52. The lowest BCUT2D eigenvalue weighted by molar-refractivity contribution is -0.0437. The van der Waals surface area contributed by atoms with Gasteiger partial charge in [0.25, 0.3) is 5.91 Å². The predicted octanol–water partition coefficient (Wildman–Crippen LogP) is 6.37. The van der Waals surface area contributed by atoms with Crippen LogP contribution in [0.4, 0.5) is 0 Å². The van der Waals surface area contributed by atoms with Gasteiger partial charge in [-0.2, -0.15) is 0 Å². The number of para-hydroxylation sites is 2. The zero-order chi connectivity index (χ0) is 26.0. The summed E-state index contributed by atoms with van der Waals surface area (Å²) in [7, 11) is 1.59. The fourth-order valence-corrected chi connectivity index (χ4v) is 5.27. The van der Waals surface area contributed by atoms with E-state index in [4.69, 9.17) is 18.9 Å². The van der Waals surface area contributed by atoms with Crippen LogP contribution in [0, 0.1) is 6.92 Å². The largest absolute Gasteiger partial charge is 0.493 e. The van der Waals surface area contributed by atoms with Crippen molar-refractivity contribution in [3.63, 3.8) is 0 Å². The number of hydrogen-bond acceptors (Lipinski definition) is 5. The molecule has 1 spiro atoms.